The molecule has 10 heteroatoms. The Morgan fingerprint density at radius 3 is 2.79 bits per heavy atom. The summed E-state index contributed by atoms with van der Waals surface area (Å²) in [5.41, 5.74) is 7.29. The highest BCUT2D eigenvalue weighted by atomic mass is 35.5. The predicted octanol–water partition coefficient (Wildman–Crippen LogP) is 2.61. The molecule has 0 spiro atoms. The zero-order valence-electron chi connectivity index (χ0n) is 15.3. The molecule has 1 aliphatic rings. The predicted molar refractivity (Wildman–Crippen MR) is 113 cm³/mol. The lowest BCUT2D eigenvalue weighted by Gasteiger charge is -2.14. The molecule has 3 aromatic rings. The molecule has 2 aromatic heterocycles. The zero-order valence-corrected chi connectivity index (χ0v) is 17.0. The lowest BCUT2D eigenvalue weighted by Crippen LogP contribution is -2.26. The molecule has 0 unspecified atom stereocenters. The molecule has 0 atom stereocenters. The maximum absolute atomic E-state index is 12.7. The molecule has 0 radical (unpaired) electrons. The summed E-state index contributed by atoms with van der Waals surface area (Å²) < 4.78 is 15.3. The van der Waals surface area contributed by atoms with Crippen molar-refractivity contribution in [3.8, 4) is 0 Å². The highest BCUT2D eigenvalue weighted by Crippen LogP contribution is 2.38. The molecule has 3 heterocycles. The van der Waals surface area contributed by atoms with Crippen molar-refractivity contribution in [3.05, 3.63) is 75.6 Å². The van der Waals surface area contributed by atoms with Crippen LogP contribution in [0.5, 0.6) is 0 Å². The molecule has 0 fully saturated rings. The van der Waals surface area contributed by atoms with Crippen LogP contribution in [-0.2, 0) is 24.3 Å². The molecule has 7 nitrogen and oxygen atoms in total. The molecule has 0 aliphatic carbocycles. The summed E-state index contributed by atoms with van der Waals surface area (Å²) in [4.78, 5) is 27.5. The highest BCUT2D eigenvalue weighted by Gasteiger charge is 2.29. The van der Waals surface area contributed by atoms with E-state index in [2.05, 4.69) is 5.10 Å². The number of fused-ring (bicyclic) bond motifs is 1. The van der Waals surface area contributed by atoms with Crippen molar-refractivity contribution >= 4 is 40.3 Å². The fourth-order valence-corrected chi connectivity index (χ4v) is 4.20. The maximum Gasteiger partial charge on any atom is 0.346 e. The molecule has 1 aromatic carbocycles. The number of carbonyl (C=O) groups is 1. The van der Waals surface area contributed by atoms with Gasteiger partial charge in [-0.2, -0.15) is 5.10 Å². The first-order valence-electron chi connectivity index (χ1n) is 8.70. The first-order valence-corrected chi connectivity index (χ1v) is 9.52. The summed E-state index contributed by atoms with van der Waals surface area (Å²) in [6.45, 7) is 0.369. The van der Waals surface area contributed by atoms with Gasteiger partial charge >= 0.3 is 5.69 Å². The van der Waals surface area contributed by atoms with E-state index in [9.17, 15) is 14.0 Å². The van der Waals surface area contributed by atoms with Crippen molar-refractivity contribution in [1.82, 2.24) is 14.3 Å². The van der Waals surface area contributed by atoms with E-state index in [-0.39, 0.29) is 42.7 Å². The maximum atomic E-state index is 12.7. The van der Waals surface area contributed by atoms with Crippen LogP contribution in [0.4, 0.5) is 15.1 Å². The van der Waals surface area contributed by atoms with E-state index in [1.54, 1.807) is 4.90 Å². The molecular weight excluding hydrogens is 417 g/mol. The number of hydrogen-bond acceptors (Lipinski definition) is 5. The van der Waals surface area contributed by atoms with E-state index in [0.29, 0.717) is 19.3 Å². The van der Waals surface area contributed by atoms with Crippen LogP contribution in [0.2, 0.25) is 0 Å². The van der Waals surface area contributed by atoms with Gasteiger partial charge in [-0.1, -0.05) is 18.2 Å². The van der Waals surface area contributed by atoms with Crippen LogP contribution in [-0.4, -0.2) is 26.8 Å². The summed E-state index contributed by atoms with van der Waals surface area (Å²) in [5.74, 6) is 0.0342. The number of nitrogens with zero attached hydrogens (tertiary/aromatic N) is 4. The third-order valence-electron chi connectivity index (χ3n) is 4.58. The Morgan fingerprint density at radius 2 is 2.03 bits per heavy atom. The lowest BCUT2D eigenvalue weighted by atomic mass is 10.2. The van der Waals surface area contributed by atoms with Gasteiger partial charge in [-0.25, -0.2) is 13.9 Å². The average Bonchev–Trinajstić information content (AvgIpc) is 3.38. The molecule has 0 saturated heterocycles. The monoisotopic (exact) mass is 435 g/mol. The van der Waals surface area contributed by atoms with Gasteiger partial charge < -0.3 is 5.73 Å². The van der Waals surface area contributed by atoms with Gasteiger partial charge in [0.15, 0.2) is 0 Å². The fourth-order valence-electron chi connectivity index (χ4n) is 3.16. The number of anilines is 2. The topological polar surface area (TPSA) is 86.2 Å². The van der Waals surface area contributed by atoms with Gasteiger partial charge in [0.25, 0.3) is 0 Å². The summed E-state index contributed by atoms with van der Waals surface area (Å²) >= 11 is 1.45. The Kier molecular flexibility index (Phi) is 6.31. The van der Waals surface area contributed by atoms with Crippen molar-refractivity contribution in [3.63, 3.8) is 0 Å². The first-order chi connectivity index (χ1) is 13.6. The lowest BCUT2D eigenvalue weighted by molar-refractivity contribution is -0.116. The number of para-hydroxylation sites is 1. The van der Waals surface area contributed by atoms with Crippen LogP contribution in [0.1, 0.15) is 10.4 Å². The number of hydrogen-bond donors (Lipinski definition) is 1. The summed E-state index contributed by atoms with van der Waals surface area (Å²) in [5, 5.41) is 4.83. The van der Waals surface area contributed by atoms with Crippen LogP contribution in [0, 0.1) is 0 Å². The third kappa shape index (κ3) is 4.02. The number of aromatic nitrogens is 3. The van der Waals surface area contributed by atoms with E-state index in [4.69, 9.17) is 5.73 Å². The molecule has 0 bridgehead atoms. The smallest absolute Gasteiger partial charge is 0.327 e. The molecule has 4 rings (SSSR count). The van der Waals surface area contributed by atoms with Gasteiger partial charge in [0, 0.05) is 11.4 Å². The van der Waals surface area contributed by atoms with Gasteiger partial charge in [-0.05, 0) is 29.3 Å². The third-order valence-corrected chi connectivity index (χ3v) is 5.64. The van der Waals surface area contributed by atoms with E-state index >= 15 is 0 Å². The normalized spacial score (nSPS) is 13.5. The fraction of sp³-hybridized carbons (Fsp3) is 0.211. The van der Waals surface area contributed by atoms with Crippen LogP contribution in [0.25, 0.3) is 0 Å². The Bertz CT molecular complexity index is 1120. The van der Waals surface area contributed by atoms with E-state index < -0.39 is 0 Å². The number of rotatable bonds is 6. The van der Waals surface area contributed by atoms with Gasteiger partial charge in [0.05, 0.1) is 31.5 Å². The molecule has 2 N–H and O–H groups in total. The minimum atomic E-state index is -0.342. The largest absolute Gasteiger partial charge is 0.346 e. The van der Waals surface area contributed by atoms with Crippen LogP contribution in [0.15, 0.2) is 59.4 Å². The standard InChI is InChI=1S/C19H18FN5O2S.ClH/c20-8-13(9-21)10-24-19(27)23(12-22-24)11-15-5-6-18(28-15)25-16-4-2-1-3-14(16)7-17(25)26;/h1-6,8,12H,7,9-11,21H2;1H/b13-8+;. The minimum Gasteiger partial charge on any atom is -0.327 e. The Labute approximate surface area is 176 Å². The highest BCUT2D eigenvalue weighted by molar-refractivity contribution is 7.16. The van der Waals surface area contributed by atoms with Crippen LogP contribution in [0.3, 0.4) is 0 Å². The quantitative estimate of drug-likeness (QED) is 0.644. The van der Waals surface area contributed by atoms with Crippen molar-refractivity contribution in [2.24, 2.45) is 5.73 Å². The van der Waals surface area contributed by atoms with Gasteiger partial charge in [-0.15, -0.1) is 23.7 Å². The van der Waals surface area contributed by atoms with Crippen molar-refractivity contribution in [1.29, 1.82) is 0 Å². The SMILES string of the molecule is Cl.NC/C(=C\F)Cn1ncn(Cc2ccc(N3C(=O)Cc4ccccc43)s2)c1=O. The molecular formula is C19H19ClFN5O2S. The number of carbonyl (C=O) groups excluding carboxylic acids is 1. The molecule has 1 aliphatic heterocycles. The number of nitrogens with two attached hydrogens (primary N) is 1. The second-order valence-electron chi connectivity index (χ2n) is 6.45. The second-order valence-corrected chi connectivity index (χ2v) is 7.59. The van der Waals surface area contributed by atoms with Crippen molar-refractivity contribution < 1.29 is 9.18 Å². The van der Waals surface area contributed by atoms with Gasteiger partial charge in [0.1, 0.15) is 11.3 Å². The number of thiophene rings is 1. The number of amides is 1. The van der Waals surface area contributed by atoms with Crippen LogP contribution >= 0.6 is 23.7 Å². The van der Waals surface area contributed by atoms with Gasteiger partial charge in [0.2, 0.25) is 5.91 Å². The molecule has 152 valence electrons. The zero-order chi connectivity index (χ0) is 19.7. The van der Waals surface area contributed by atoms with E-state index in [1.165, 1.54) is 26.9 Å². The van der Waals surface area contributed by atoms with Crippen molar-refractivity contribution in [2.75, 3.05) is 11.4 Å². The molecule has 0 saturated carbocycles. The second kappa shape index (κ2) is 8.73. The number of halogens is 2. The number of benzene rings is 1. The molecule has 1 amide bonds. The average molecular weight is 436 g/mol. The first kappa shape index (κ1) is 21.0. The summed E-state index contributed by atoms with van der Waals surface area (Å²) in [6.07, 6.45) is 2.22. The minimum absolute atomic E-state index is 0. The summed E-state index contributed by atoms with van der Waals surface area (Å²) in [6, 6.07) is 11.5. The Hall–Kier alpha value is -2.75. The van der Waals surface area contributed by atoms with Gasteiger partial charge in [-0.3, -0.25) is 14.3 Å². The Morgan fingerprint density at radius 1 is 1.24 bits per heavy atom. The Balaban J connectivity index is 0.00000240. The van der Waals surface area contributed by atoms with E-state index in [1.807, 2.05) is 36.4 Å². The summed E-state index contributed by atoms with van der Waals surface area (Å²) in [7, 11) is 0. The van der Waals surface area contributed by atoms with Crippen LogP contribution < -0.4 is 16.3 Å². The van der Waals surface area contributed by atoms with Crippen molar-refractivity contribution in [2.45, 2.75) is 19.5 Å². The molecule has 29 heavy (non-hydrogen) atoms. The van der Waals surface area contributed by atoms with E-state index in [0.717, 1.165) is 21.1 Å².